The highest BCUT2D eigenvalue weighted by Crippen LogP contribution is 2.25. The Balaban J connectivity index is 2.09. The molecule has 2 rings (SSSR count). The number of halogens is 2. The van der Waals surface area contributed by atoms with Crippen molar-refractivity contribution in [3.63, 3.8) is 0 Å². The maximum atomic E-state index is 13.3. The SMILES string of the molecule is COC(=O)CN(Cc1ccc(F)c(F)c1)C1CCCC1. The molecule has 1 aromatic carbocycles. The molecule has 1 aliphatic rings. The van der Waals surface area contributed by atoms with E-state index in [9.17, 15) is 13.6 Å². The van der Waals surface area contributed by atoms with Gasteiger partial charge in [0.15, 0.2) is 11.6 Å². The van der Waals surface area contributed by atoms with E-state index in [2.05, 4.69) is 0 Å². The zero-order valence-corrected chi connectivity index (χ0v) is 11.6. The number of hydrogen-bond acceptors (Lipinski definition) is 3. The number of carbonyl (C=O) groups is 1. The fourth-order valence-corrected chi connectivity index (χ4v) is 2.69. The Morgan fingerprint density at radius 2 is 2.00 bits per heavy atom. The van der Waals surface area contributed by atoms with Crippen LogP contribution < -0.4 is 0 Å². The molecule has 1 aliphatic carbocycles. The monoisotopic (exact) mass is 283 g/mol. The summed E-state index contributed by atoms with van der Waals surface area (Å²) in [5.74, 6) is -2.01. The van der Waals surface area contributed by atoms with Gasteiger partial charge in [0.1, 0.15) is 0 Å². The number of carbonyl (C=O) groups excluding carboxylic acids is 1. The molecular formula is C15H19F2NO2. The summed E-state index contributed by atoms with van der Waals surface area (Å²) in [6.45, 7) is 0.608. The van der Waals surface area contributed by atoms with Crippen LogP contribution in [0.4, 0.5) is 8.78 Å². The molecule has 0 bridgehead atoms. The van der Waals surface area contributed by atoms with Gasteiger partial charge in [0.2, 0.25) is 0 Å². The molecular weight excluding hydrogens is 264 g/mol. The minimum absolute atomic E-state index is 0.181. The Bertz CT molecular complexity index is 473. The average Bonchev–Trinajstić information content (AvgIpc) is 2.96. The molecule has 20 heavy (non-hydrogen) atoms. The topological polar surface area (TPSA) is 29.5 Å². The molecule has 5 heteroatoms. The van der Waals surface area contributed by atoms with Crippen LogP contribution >= 0.6 is 0 Å². The predicted molar refractivity (Wildman–Crippen MR) is 71.0 cm³/mol. The molecule has 0 aromatic heterocycles. The third-order valence-corrected chi connectivity index (χ3v) is 3.77. The molecule has 0 spiro atoms. The van der Waals surface area contributed by atoms with Gasteiger partial charge in [-0.15, -0.1) is 0 Å². The molecule has 0 amide bonds. The van der Waals surface area contributed by atoms with Crippen LogP contribution in [0.1, 0.15) is 31.2 Å². The minimum atomic E-state index is -0.855. The van der Waals surface area contributed by atoms with E-state index in [1.807, 2.05) is 4.90 Å². The standard InChI is InChI=1S/C15H19F2NO2/c1-20-15(19)10-18(12-4-2-3-5-12)9-11-6-7-13(16)14(17)8-11/h6-8,12H,2-5,9-10H2,1H3. The van der Waals surface area contributed by atoms with Gasteiger partial charge in [0.05, 0.1) is 13.7 Å². The highest BCUT2D eigenvalue weighted by molar-refractivity contribution is 5.71. The van der Waals surface area contributed by atoms with Crippen molar-refractivity contribution in [2.75, 3.05) is 13.7 Å². The molecule has 1 aromatic rings. The summed E-state index contributed by atoms with van der Waals surface area (Å²) in [4.78, 5) is 13.5. The van der Waals surface area contributed by atoms with Crippen molar-refractivity contribution >= 4 is 5.97 Å². The van der Waals surface area contributed by atoms with E-state index in [1.54, 1.807) is 6.07 Å². The van der Waals surface area contributed by atoms with Gasteiger partial charge in [0, 0.05) is 12.6 Å². The molecule has 3 nitrogen and oxygen atoms in total. The molecule has 0 radical (unpaired) electrons. The van der Waals surface area contributed by atoms with E-state index in [1.165, 1.54) is 13.2 Å². The van der Waals surface area contributed by atoms with Gasteiger partial charge in [-0.2, -0.15) is 0 Å². The first-order valence-electron chi connectivity index (χ1n) is 6.85. The number of ether oxygens (including phenoxy) is 1. The Labute approximate surface area is 117 Å². The molecule has 1 fully saturated rings. The number of benzene rings is 1. The highest BCUT2D eigenvalue weighted by Gasteiger charge is 2.25. The van der Waals surface area contributed by atoms with Crippen LogP contribution in [0.25, 0.3) is 0 Å². The van der Waals surface area contributed by atoms with Gasteiger partial charge in [-0.25, -0.2) is 8.78 Å². The van der Waals surface area contributed by atoms with Crippen molar-refractivity contribution in [2.45, 2.75) is 38.3 Å². The zero-order valence-electron chi connectivity index (χ0n) is 11.6. The summed E-state index contributed by atoms with van der Waals surface area (Å²) in [7, 11) is 1.35. The molecule has 0 heterocycles. The molecule has 0 atom stereocenters. The van der Waals surface area contributed by atoms with E-state index in [0.29, 0.717) is 18.2 Å². The van der Waals surface area contributed by atoms with E-state index in [-0.39, 0.29) is 12.5 Å². The molecule has 1 saturated carbocycles. The van der Waals surface area contributed by atoms with Crippen LogP contribution in [0.5, 0.6) is 0 Å². The van der Waals surface area contributed by atoms with Crippen LogP contribution in [0.3, 0.4) is 0 Å². The van der Waals surface area contributed by atoms with E-state index in [0.717, 1.165) is 31.7 Å². The van der Waals surface area contributed by atoms with Crippen molar-refractivity contribution in [3.8, 4) is 0 Å². The van der Waals surface area contributed by atoms with Gasteiger partial charge in [-0.1, -0.05) is 18.9 Å². The van der Waals surface area contributed by atoms with E-state index < -0.39 is 11.6 Å². The summed E-state index contributed by atoms with van der Waals surface area (Å²) in [5, 5.41) is 0. The predicted octanol–water partition coefficient (Wildman–Crippen LogP) is 2.88. The second-order valence-electron chi connectivity index (χ2n) is 5.17. The third-order valence-electron chi connectivity index (χ3n) is 3.77. The van der Waals surface area contributed by atoms with Gasteiger partial charge < -0.3 is 4.74 Å². The summed E-state index contributed by atoms with van der Waals surface area (Å²) in [6, 6.07) is 4.17. The number of rotatable bonds is 5. The first-order chi connectivity index (χ1) is 9.60. The summed E-state index contributed by atoms with van der Waals surface area (Å²) in [6.07, 6.45) is 4.33. The zero-order chi connectivity index (χ0) is 14.5. The van der Waals surface area contributed by atoms with Crippen molar-refractivity contribution in [2.24, 2.45) is 0 Å². The van der Waals surface area contributed by atoms with Crippen molar-refractivity contribution in [1.29, 1.82) is 0 Å². The molecule has 0 aliphatic heterocycles. The Morgan fingerprint density at radius 1 is 1.30 bits per heavy atom. The van der Waals surface area contributed by atoms with E-state index in [4.69, 9.17) is 4.74 Å². The Kier molecular flexibility index (Phi) is 5.06. The lowest BCUT2D eigenvalue weighted by Gasteiger charge is -2.27. The largest absolute Gasteiger partial charge is 0.468 e. The number of hydrogen-bond donors (Lipinski definition) is 0. The lowest BCUT2D eigenvalue weighted by molar-refractivity contribution is -0.142. The Morgan fingerprint density at radius 3 is 2.60 bits per heavy atom. The van der Waals surface area contributed by atoms with Crippen molar-refractivity contribution in [3.05, 3.63) is 35.4 Å². The molecule has 0 N–H and O–H groups in total. The minimum Gasteiger partial charge on any atom is -0.468 e. The van der Waals surface area contributed by atoms with Crippen LogP contribution in [0.15, 0.2) is 18.2 Å². The summed E-state index contributed by atoms with van der Waals surface area (Å²) < 4.78 is 30.9. The number of esters is 1. The van der Waals surface area contributed by atoms with Crippen molar-refractivity contribution in [1.82, 2.24) is 4.90 Å². The normalized spacial score (nSPS) is 15.8. The van der Waals surface area contributed by atoms with Gasteiger partial charge >= 0.3 is 5.97 Å². The second kappa shape index (κ2) is 6.79. The number of nitrogens with zero attached hydrogens (tertiary/aromatic N) is 1. The lowest BCUT2D eigenvalue weighted by atomic mass is 10.1. The van der Waals surface area contributed by atoms with Gasteiger partial charge in [0.25, 0.3) is 0 Å². The maximum absolute atomic E-state index is 13.3. The summed E-state index contributed by atoms with van der Waals surface area (Å²) >= 11 is 0. The fourth-order valence-electron chi connectivity index (χ4n) is 2.69. The summed E-state index contributed by atoms with van der Waals surface area (Å²) in [5.41, 5.74) is 0.666. The fraction of sp³-hybridized carbons (Fsp3) is 0.533. The quantitative estimate of drug-likeness (QED) is 0.778. The second-order valence-corrected chi connectivity index (χ2v) is 5.17. The lowest BCUT2D eigenvalue weighted by Crippen LogP contribution is -2.37. The smallest absolute Gasteiger partial charge is 0.319 e. The van der Waals surface area contributed by atoms with Crippen LogP contribution in [-0.4, -0.2) is 30.6 Å². The average molecular weight is 283 g/mol. The van der Waals surface area contributed by atoms with Gasteiger partial charge in [-0.3, -0.25) is 9.69 Å². The highest BCUT2D eigenvalue weighted by atomic mass is 19.2. The molecule has 0 saturated heterocycles. The van der Waals surface area contributed by atoms with E-state index >= 15 is 0 Å². The molecule has 0 unspecified atom stereocenters. The van der Waals surface area contributed by atoms with Crippen LogP contribution in [0.2, 0.25) is 0 Å². The van der Waals surface area contributed by atoms with Crippen LogP contribution in [-0.2, 0) is 16.1 Å². The Hall–Kier alpha value is -1.49. The van der Waals surface area contributed by atoms with Gasteiger partial charge in [-0.05, 0) is 30.5 Å². The molecule has 110 valence electrons. The first-order valence-corrected chi connectivity index (χ1v) is 6.85. The maximum Gasteiger partial charge on any atom is 0.319 e. The third kappa shape index (κ3) is 3.76. The number of methoxy groups -OCH3 is 1. The van der Waals surface area contributed by atoms with Crippen molar-refractivity contribution < 1.29 is 18.3 Å². The first kappa shape index (κ1) is 14.9. The van der Waals surface area contributed by atoms with Crippen LogP contribution in [0, 0.1) is 11.6 Å².